The van der Waals surface area contributed by atoms with Crippen LogP contribution in [-0.4, -0.2) is 0 Å². The van der Waals surface area contributed by atoms with Crippen molar-refractivity contribution in [3.8, 4) is 11.1 Å². The topological polar surface area (TPSA) is 59.0 Å². The smallest absolute Gasteiger partial charge is 0.159 e. The first kappa shape index (κ1) is 36.5. The quantitative estimate of drug-likeness (QED) is 0.159. The molecule has 0 N–H and O–H groups in total. The summed E-state index contributed by atoms with van der Waals surface area (Å²) in [7, 11) is 0. The van der Waals surface area contributed by atoms with Crippen LogP contribution in [0.25, 0.3) is 98.9 Å². The van der Waals surface area contributed by atoms with E-state index in [-0.39, 0.29) is 0 Å². The van der Waals surface area contributed by atoms with E-state index in [1.54, 1.807) is 0 Å². The standard InChI is InChI=1S/C60H36N2O4/c1-5-25-53-41(13-1)45-17-9-21-49(57(45)63-53)61(50-22-10-18-46-42-14-2-6-26-54(42)64-58(46)50)39-33-29-37(30-34-39)38-31-35-40(36-32-38)62(51-23-11-19-47-43-15-3-7-27-55(43)65-59(47)51)52-24-12-20-48-44-16-4-8-28-56(44)66-60(48)52/h1-36H. The van der Waals surface area contributed by atoms with Crippen molar-refractivity contribution in [2.45, 2.75) is 0 Å². The van der Waals surface area contributed by atoms with Crippen LogP contribution in [0.15, 0.2) is 236 Å². The van der Waals surface area contributed by atoms with Gasteiger partial charge in [-0.1, -0.05) is 146 Å². The molecule has 0 bridgehead atoms. The molecule has 10 aromatic carbocycles. The highest BCUT2D eigenvalue weighted by Gasteiger charge is 2.25. The molecule has 310 valence electrons. The molecule has 66 heavy (non-hydrogen) atoms. The fraction of sp³-hybridized carbons (Fsp3) is 0. The minimum Gasteiger partial charge on any atom is -0.454 e. The molecule has 0 atom stereocenters. The van der Waals surface area contributed by atoms with Crippen molar-refractivity contribution < 1.29 is 17.7 Å². The second-order valence-electron chi connectivity index (χ2n) is 16.8. The molecule has 0 aliphatic heterocycles. The molecule has 0 radical (unpaired) electrons. The Balaban J connectivity index is 0.901. The average molecular weight is 849 g/mol. The number of nitrogens with zero attached hydrogens (tertiary/aromatic N) is 2. The normalized spacial score (nSPS) is 11.9. The molecule has 4 aromatic heterocycles. The van der Waals surface area contributed by atoms with E-state index in [0.717, 1.165) is 133 Å². The molecule has 0 amide bonds. The van der Waals surface area contributed by atoms with Gasteiger partial charge in [0, 0.05) is 54.5 Å². The Morgan fingerprint density at radius 2 is 0.455 bits per heavy atom. The monoisotopic (exact) mass is 848 g/mol. The summed E-state index contributed by atoms with van der Waals surface area (Å²) in [5.74, 6) is 0. The minimum absolute atomic E-state index is 0.813. The number of hydrogen-bond donors (Lipinski definition) is 0. The first-order valence-corrected chi connectivity index (χ1v) is 22.2. The molecular weight excluding hydrogens is 813 g/mol. The minimum atomic E-state index is 0.813. The molecule has 0 saturated heterocycles. The number of furan rings is 4. The Labute approximate surface area is 377 Å². The van der Waals surface area contributed by atoms with Crippen LogP contribution < -0.4 is 9.80 Å². The van der Waals surface area contributed by atoms with Gasteiger partial charge < -0.3 is 27.5 Å². The lowest BCUT2D eigenvalue weighted by Gasteiger charge is -2.26. The lowest BCUT2D eigenvalue weighted by Crippen LogP contribution is -2.10. The molecule has 0 aliphatic rings. The van der Waals surface area contributed by atoms with E-state index in [9.17, 15) is 0 Å². The van der Waals surface area contributed by atoms with E-state index in [4.69, 9.17) is 17.7 Å². The average Bonchev–Trinajstić information content (AvgIpc) is 4.16. The van der Waals surface area contributed by atoms with Gasteiger partial charge in [0.1, 0.15) is 22.3 Å². The third-order valence-electron chi connectivity index (χ3n) is 13.1. The van der Waals surface area contributed by atoms with Crippen molar-refractivity contribution in [2.24, 2.45) is 0 Å². The van der Waals surface area contributed by atoms with E-state index < -0.39 is 0 Å². The van der Waals surface area contributed by atoms with Crippen molar-refractivity contribution in [3.05, 3.63) is 218 Å². The van der Waals surface area contributed by atoms with E-state index >= 15 is 0 Å². The molecule has 0 spiro atoms. The van der Waals surface area contributed by atoms with Gasteiger partial charge in [0.2, 0.25) is 0 Å². The third kappa shape index (κ3) is 5.48. The number of fused-ring (bicyclic) bond motifs is 12. The summed E-state index contributed by atoms with van der Waals surface area (Å²) >= 11 is 0. The molecule has 14 aromatic rings. The van der Waals surface area contributed by atoms with Gasteiger partial charge in [0.25, 0.3) is 0 Å². The van der Waals surface area contributed by atoms with Crippen molar-refractivity contribution in [3.63, 3.8) is 0 Å². The summed E-state index contributed by atoms with van der Waals surface area (Å²) in [6.45, 7) is 0. The SMILES string of the molecule is c1ccc2c(c1)oc1c(N(c3ccc(-c4ccc(N(c5cccc6c5oc5ccccc56)c5cccc6c5oc5ccccc56)cc4)cc3)c3cccc4c3oc3ccccc34)cccc12. The van der Waals surface area contributed by atoms with Crippen LogP contribution in [0.2, 0.25) is 0 Å². The number of anilines is 6. The van der Waals surface area contributed by atoms with Crippen molar-refractivity contribution in [1.29, 1.82) is 0 Å². The van der Waals surface area contributed by atoms with Crippen LogP contribution in [0.3, 0.4) is 0 Å². The molecule has 6 heteroatoms. The first-order valence-electron chi connectivity index (χ1n) is 22.2. The van der Waals surface area contributed by atoms with Crippen LogP contribution in [0.5, 0.6) is 0 Å². The van der Waals surface area contributed by atoms with Gasteiger partial charge in [-0.05, 0) is 83.9 Å². The Kier molecular flexibility index (Phi) is 7.88. The summed E-state index contributed by atoms with van der Waals surface area (Å²) in [6, 6.07) is 75.8. The molecular formula is C60H36N2O4. The van der Waals surface area contributed by atoms with E-state index in [1.807, 2.05) is 48.5 Å². The maximum absolute atomic E-state index is 6.66. The molecule has 0 aliphatic carbocycles. The van der Waals surface area contributed by atoms with Gasteiger partial charge in [-0.15, -0.1) is 0 Å². The zero-order valence-corrected chi connectivity index (χ0v) is 35.3. The summed E-state index contributed by atoms with van der Waals surface area (Å²) in [6.07, 6.45) is 0. The van der Waals surface area contributed by atoms with Gasteiger partial charge in [0.05, 0.1) is 22.7 Å². The molecule has 0 fully saturated rings. The Morgan fingerprint density at radius 3 is 0.727 bits per heavy atom. The second-order valence-corrected chi connectivity index (χ2v) is 16.8. The lowest BCUT2D eigenvalue weighted by molar-refractivity contribution is 0.665. The van der Waals surface area contributed by atoms with Crippen molar-refractivity contribution >= 4 is 122 Å². The van der Waals surface area contributed by atoms with E-state index in [2.05, 4.69) is 180 Å². The molecule has 14 rings (SSSR count). The van der Waals surface area contributed by atoms with Gasteiger partial charge in [-0.25, -0.2) is 0 Å². The third-order valence-corrected chi connectivity index (χ3v) is 13.1. The zero-order chi connectivity index (χ0) is 43.3. The fourth-order valence-electron chi connectivity index (χ4n) is 10.1. The summed E-state index contributed by atoms with van der Waals surface area (Å²) in [4.78, 5) is 4.52. The van der Waals surface area contributed by atoms with Crippen LogP contribution in [0.1, 0.15) is 0 Å². The van der Waals surface area contributed by atoms with Gasteiger partial charge in [-0.3, -0.25) is 0 Å². The van der Waals surface area contributed by atoms with Crippen LogP contribution in [-0.2, 0) is 0 Å². The van der Waals surface area contributed by atoms with Crippen molar-refractivity contribution in [2.75, 3.05) is 9.80 Å². The highest BCUT2D eigenvalue weighted by molar-refractivity contribution is 6.16. The summed E-state index contributed by atoms with van der Waals surface area (Å²) < 4.78 is 26.6. The van der Waals surface area contributed by atoms with Crippen molar-refractivity contribution in [1.82, 2.24) is 0 Å². The summed E-state index contributed by atoms with van der Waals surface area (Å²) in [5.41, 5.74) is 14.5. The lowest BCUT2D eigenvalue weighted by atomic mass is 10.0. The maximum atomic E-state index is 6.66. The number of benzene rings is 10. The Morgan fingerprint density at radius 1 is 0.212 bits per heavy atom. The first-order chi connectivity index (χ1) is 32.7. The molecule has 6 nitrogen and oxygen atoms in total. The van der Waals surface area contributed by atoms with Crippen LogP contribution in [0, 0.1) is 0 Å². The van der Waals surface area contributed by atoms with Gasteiger partial charge in [0.15, 0.2) is 22.3 Å². The predicted octanol–water partition coefficient (Wildman–Crippen LogP) is 17.9. The van der Waals surface area contributed by atoms with E-state index in [1.165, 1.54) is 0 Å². The molecule has 0 saturated carbocycles. The fourth-order valence-corrected chi connectivity index (χ4v) is 10.1. The predicted molar refractivity (Wildman–Crippen MR) is 270 cm³/mol. The Bertz CT molecular complexity index is 3690. The summed E-state index contributed by atoms with van der Waals surface area (Å²) in [5, 5.41) is 8.56. The largest absolute Gasteiger partial charge is 0.454 e. The second kappa shape index (κ2) is 14.3. The van der Waals surface area contributed by atoms with Crippen LogP contribution >= 0.6 is 0 Å². The molecule has 4 heterocycles. The van der Waals surface area contributed by atoms with Gasteiger partial charge in [-0.2, -0.15) is 0 Å². The Hall–Kier alpha value is -9.00. The highest BCUT2D eigenvalue weighted by Crippen LogP contribution is 2.48. The van der Waals surface area contributed by atoms with Gasteiger partial charge >= 0.3 is 0 Å². The maximum Gasteiger partial charge on any atom is 0.159 e. The van der Waals surface area contributed by atoms with Crippen LogP contribution in [0.4, 0.5) is 34.1 Å². The molecule has 0 unspecified atom stereocenters. The zero-order valence-electron chi connectivity index (χ0n) is 35.3. The number of hydrogen-bond acceptors (Lipinski definition) is 6. The van der Waals surface area contributed by atoms with E-state index in [0.29, 0.717) is 0 Å². The number of rotatable bonds is 7. The number of para-hydroxylation sites is 8. The highest BCUT2D eigenvalue weighted by atomic mass is 16.3.